The molecule has 0 heterocycles. The molecule has 0 unspecified atom stereocenters. The highest BCUT2D eigenvalue weighted by Crippen LogP contribution is 2.05. The summed E-state index contributed by atoms with van der Waals surface area (Å²) in [7, 11) is 2.01. The highest BCUT2D eigenvalue weighted by atomic mass is 16.3. The van der Waals surface area contributed by atoms with Gasteiger partial charge in [0.15, 0.2) is 0 Å². The lowest BCUT2D eigenvalue weighted by Crippen LogP contribution is -2.21. The minimum absolute atomic E-state index is 0.225. The van der Waals surface area contributed by atoms with Crippen molar-refractivity contribution in [3.63, 3.8) is 0 Å². The van der Waals surface area contributed by atoms with E-state index in [1.165, 1.54) is 11.1 Å². The van der Waals surface area contributed by atoms with Crippen LogP contribution in [-0.4, -0.2) is 30.2 Å². The Balaban J connectivity index is 0. The van der Waals surface area contributed by atoms with Gasteiger partial charge in [0.25, 0.3) is 0 Å². The largest absolute Gasteiger partial charge is 0.395 e. The van der Waals surface area contributed by atoms with Crippen LogP contribution in [0.1, 0.15) is 38.8 Å². The van der Waals surface area contributed by atoms with Crippen LogP contribution in [-0.2, 0) is 6.54 Å². The number of rotatable bonds is 4. The summed E-state index contributed by atoms with van der Waals surface area (Å²) in [6.45, 7) is 12.0. The van der Waals surface area contributed by atoms with Gasteiger partial charge >= 0.3 is 0 Å². The molecule has 0 saturated heterocycles. The van der Waals surface area contributed by atoms with Gasteiger partial charge in [0.05, 0.1) is 6.61 Å². The number of aryl methyl sites for hydroxylation is 1. The molecule has 1 N–H and O–H groups in total. The molecule has 1 aromatic carbocycles. The van der Waals surface area contributed by atoms with E-state index in [1.54, 1.807) is 0 Å². The van der Waals surface area contributed by atoms with Crippen LogP contribution in [0.2, 0.25) is 0 Å². The summed E-state index contributed by atoms with van der Waals surface area (Å²) in [4.78, 5) is 2.11. The standard InChI is InChI=1S/C11H17NO.2C2H6/c1-10-4-3-5-11(8-10)9-12(2)6-7-13;2*1-2/h3-5,8,13H,6-7,9H2,1-2H3;2*1-2H3. The zero-order chi connectivity index (χ0) is 13.7. The molecule has 0 amide bonds. The van der Waals surface area contributed by atoms with E-state index in [2.05, 4.69) is 36.1 Å². The Morgan fingerprint density at radius 3 is 2.18 bits per heavy atom. The minimum atomic E-state index is 0.225. The van der Waals surface area contributed by atoms with Gasteiger partial charge in [0, 0.05) is 13.1 Å². The zero-order valence-electron chi connectivity index (χ0n) is 12.3. The van der Waals surface area contributed by atoms with E-state index in [4.69, 9.17) is 5.11 Å². The van der Waals surface area contributed by atoms with Crippen molar-refractivity contribution in [3.8, 4) is 0 Å². The first-order chi connectivity index (χ1) is 8.22. The lowest BCUT2D eigenvalue weighted by molar-refractivity contribution is 0.217. The average Bonchev–Trinajstić information content (AvgIpc) is 2.34. The third kappa shape index (κ3) is 10.0. The summed E-state index contributed by atoms with van der Waals surface area (Å²) in [5.41, 5.74) is 2.59. The molecule has 1 aromatic rings. The minimum Gasteiger partial charge on any atom is -0.395 e. The fourth-order valence-electron chi connectivity index (χ4n) is 1.37. The third-order valence-electron chi connectivity index (χ3n) is 2.02. The molecule has 0 aliphatic heterocycles. The Morgan fingerprint density at radius 2 is 1.71 bits per heavy atom. The number of hydrogen-bond acceptors (Lipinski definition) is 2. The smallest absolute Gasteiger partial charge is 0.0558 e. The molecule has 0 radical (unpaired) electrons. The maximum Gasteiger partial charge on any atom is 0.0558 e. The maximum atomic E-state index is 8.73. The molecule has 2 nitrogen and oxygen atoms in total. The van der Waals surface area contributed by atoms with E-state index in [1.807, 2.05) is 34.7 Å². The fourth-order valence-corrected chi connectivity index (χ4v) is 1.37. The number of benzene rings is 1. The molecule has 0 aromatic heterocycles. The number of likely N-dealkylation sites (N-methyl/N-ethyl adjacent to an activating group) is 1. The molecule has 0 spiro atoms. The number of hydrogen-bond donors (Lipinski definition) is 1. The molecular weight excluding hydrogens is 210 g/mol. The molecule has 0 bridgehead atoms. The van der Waals surface area contributed by atoms with Crippen molar-refractivity contribution in [2.45, 2.75) is 41.2 Å². The van der Waals surface area contributed by atoms with Crippen LogP contribution < -0.4 is 0 Å². The van der Waals surface area contributed by atoms with Crippen LogP contribution in [0, 0.1) is 6.92 Å². The monoisotopic (exact) mass is 239 g/mol. The molecule has 0 aliphatic carbocycles. The molecule has 0 aliphatic rings. The number of aliphatic hydroxyl groups excluding tert-OH is 1. The van der Waals surface area contributed by atoms with E-state index in [-0.39, 0.29) is 6.61 Å². The van der Waals surface area contributed by atoms with Crippen molar-refractivity contribution in [1.82, 2.24) is 4.90 Å². The van der Waals surface area contributed by atoms with Gasteiger partial charge < -0.3 is 5.11 Å². The lowest BCUT2D eigenvalue weighted by Gasteiger charge is -2.15. The average molecular weight is 239 g/mol. The van der Waals surface area contributed by atoms with Gasteiger partial charge in [-0.25, -0.2) is 0 Å². The van der Waals surface area contributed by atoms with Crippen molar-refractivity contribution in [2.24, 2.45) is 0 Å². The normalized spacial score (nSPS) is 8.94. The predicted molar refractivity (Wildman–Crippen MR) is 77.3 cm³/mol. The number of nitrogens with zero attached hydrogens (tertiary/aromatic N) is 1. The van der Waals surface area contributed by atoms with Gasteiger partial charge in [0.2, 0.25) is 0 Å². The molecule has 0 fully saturated rings. The molecule has 2 heteroatoms. The Labute approximate surface area is 107 Å². The van der Waals surface area contributed by atoms with Gasteiger partial charge in [0.1, 0.15) is 0 Å². The molecule has 1 rings (SSSR count). The summed E-state index contributed by atoms with van der Waals surface area (Å²) in [6, 6.07) is 8.45. The Kier molecular flexibility index (Phi) is 14.4. The molecule has 17 heavy (non-hydrogen) atoms. The lowest BCUT2D eigenvalue weighted by atomic mass is 10.1. The summed E-state index contributed by atoms with van der Waals surface area (Å²) in [5.74, 6) is 0. The van der Waals surface area contributed by atoms with Crippen LogP contribution >= 0.6 is 0 Å². The van der Waals surface area contributed by atoms with Gasteiger partial charge in [-0.15, -0.1) is 0 Å². The van der Waals surface area contributed by atoms with E-state index >= 15 is 0 Å². The Hall–Kier alpha value is -0.860. The predicted octanol–water partition coefficient (Wildman–Crippen LogP) is 3.47. The molecular formula is C15H29NO. The maximum absolute atomic E-state index is 8.73. The van der Waals surface area contributed by atoms with Crippen molar-refractivity contribution in [2.75, 3.05) is 20.2 Å². The van der Waals surface area contributed by atoms with Crippen LogP contribution in [0.3, 0.4) is 0 Å². The highest BCUT2D eigenvalue weighted by Gasteiger charge is 1.98. The summed E-state index contributed by atoms with van der Waals surface area (Å²) in [6.07, 6.45) is 0. The second-order valence-electron chi connectivity index (χ2n) is 3.45. The van der Waals surface area contributed by atoms with E-state index in [0.717, 1.165) is 13.1 Å². The Morgan fingerprint density at radius 1 is 1.12 bits per heavy atom. The second-order valence-corrected chi connectivity index (χ2v) is 3.45. The first-order valence-corrected chi connectivity index (χ1v) is 6.57. The van der Waals surface area contributed by atoms with Gasteiger partial charge in [-0.2, -0.15) is 0 Å². The van der Waals surface area contributed by atoms with Crippen LogP contribution in [0.4, 0.5) is 0 Å². The quantitative estimate of drug-likeness (QED) is 0.869. The van der Waals surface area contributed by atoms with E-state index in [9.17, 15) is 0 Å². The Bertz CT molecular complexity index is 261. The number of aliphatic hydroxyl groups is 1. The zero-order valence-corrected chi connectivity index (χ0v) is 12.3. The van der Waals surface area contributed by atoms with Gasteiger partial charge in [-0.3, -0.25) is 4.90 Å². The SMILES string of the molecule is CC.CC.Cc1cccc(CN(C)CCO)c1. The van der Waals surface area contributed by atoms with Crippen LogP contribution in [0.25, 0.3) is 0 Å². The summed E-state index contributed by atoms with van der Waals surface area (Å²) in [5, 5.41) is 8.73. The molecule has 0 atom stereocenters. The van der Waals surface area contributed by atoms with Gasteiger partial charge in [-0.05, 0) is 19.5 Å². The van der Waals surface area contributed by atoms with Crippen LogP contribution in [0.15, 0.2) is 24.3 Å². The third-order valence-corrected chi connectivity index (χ3v) is 2.02. The molecule has 0 saturated carbocycles. The fraction of sp³-hybridized carbons (Fsp3) is 0.600. The highest BCUT2D eigenvalue weighted by molar-refractivity contribution is 5.21. The summed E-state index contributed by atoms with van der Waals surface area (Å²) >= 11 is 0. The van der Waals surface area contributed by atoms with Crippen molar-refractivity contribution in [3.05, 3.63) is 35.4 Å². The van der Waals surface area contributed by atoms with Crippen LogP contribution in [0.5, 0.6) is 0 Å². The molecule has 100 valence electrons. The van der Waals surface area contributed by atoms with E-state index in [0.29, 0.717) is 0 Å². The van der Waals surface area contributed by atoms with Gasteiger partial charge in [-0.1, -0.05) is 57.5 Å². The second kappa shape index (κ2) is 13.2. The first-order valence-electron chi connectivity index (χ1n) is 6.57. The van der Waals surface area contributed by atoms with Crippen molar-refractivity contribution in [1.29, 1.82) is 0 Å². The summed E-state index contributed by atoms with van der Waals surface area (Å²) < 4.78 is 0. The first kappa shape index (κ1) is 18.5. The van der Waals surface area contributed by atoms with Crippen molar-refractivity contribution < 1.29 is 5.11 Å². The van der Waals surface area contributed by atoms with Crippen molar-refractivity contribution >= 4 is 0 Å². The topological polar surface area (TPSA) is 23.5 Å². The van der Waals surface area contributed by atoms with E-state index < -0.39 is 0 Å².